The molecule has 0 bridgehead atoms. The first-order chi connectivity index (χ1) is 26.8. The lowest BCUT2D eigenvalue weighted by atomic mass is 10.3. The average Bonchev–Trinajstić information content (AvgIpc) is 4.16. The molecule has 6 atom stereocenters. The van der Waals surface area contributed by atoms with E-state index in [1.807, 2.05) is 6.92 Å². The van der Waals surface area contributed by atoms with Gasteiger partial charge in [-0.15, -0.1) is 39.5 Å². The van der Waals surface area contributed by atoms with E-state index in [0.29, 0.717) is 78.3 Å². The summed E-state index contributed by atoms with van der Waals surface area (Å²) in [6.45, 7) is 29.5. The van der Waals surface area contributed by atoms with Gasteiger partial charge in [-0.05, 0) is 6.42 Å². The summed E-state index contributed by atoms with van der Waals surface area (Å²) in [5, 5.41) is 33.6. The largest absolute Gasteiger partial charge is 0.396 e. The van der Waals surface area contributed by atoms with Crippen LogP contribution in [0.2, 0.25) is 0 Å². The van der Waals surface area contributed by atoms with Crippen LogP contribution >= 0.6 is 0 Å². The molecule has 0 aliphatic carbocycles. The van der Waals surface area contributed by atoms with Gasteiger partial charge in [0.05, 0.1) is 129 Å². The van der Waals surface area contributed by atoms with Gasteiger partial charge in [-0.25, -0.2) is 0 Å². The number of ether oxygens (including phenoxy) is 9. The molecule has 0 amide bonds. The highest BCUT2D eigenvalue weighted by atomic mass is 16.6. The average molecular weight is 785 g/mol. The third kappa shape index (κ3) is 47.2. The minimum Gasteiger partial charge on any atom is -0.396 e. The molecule has 2 rings (SSSR count). The van der Waals surface area contributed by atoms with Crippen molar-refractivity contribution in [2.45, 2.75) is 50.0 Å². The van der Waals surface area contributed by atoms with Crippen molar-refractivity contribution >= 4 is 0 Å². The molecule has 6 unspecified atom stereocenters. The Morgan fingerprint density at radius 2 is 0.873 bits per heavy atom. The van der Waals surface area contributed by atoms with Crippen molar-refractivity contribution in [1.82, 2.24) is 0 Å². The topological polar surface area (TPSA) is 171 Å². The summed E-state index contributed by atoms with van der Waals surface area (Å²) in [6.07, 6.45) is 21.4. The second-order valence-corrected chi connectivity index (χ2v) is 10.9. The summed E-state index contributed by atoms with van der Waals surface area (Å²) in [5.74, 6) is 0. The van der Waals surface area contributed by atoms with Crippen LogP contribution < -0.4 is 0 Å². The fraction of sp³-hybridized carbons (Fsp3) is 0.571. The van der Waals surface area contributed by atoms with E-state index in [1.54, 1.807) is 80.0 Å². The first kappa shape index (κ1) is 56.5. The van der Waals surface area contributed by atoms with Crippen LogP contribution in [0.3, 0.4) is 0 Å². The number of aliphatic hydroxyl groups excluding tert-OH is 4. The Balaban J connectivity index is -0.000000739. The number of aliphatic hydroxyl groups is 4. The Morgan fingerprint density at radius 1 is 0.545 bits per heavy atom. The molecule has 0 aromatic heterocycles. The summed E-state index contributed by atoms with van der Waals surface area (Å²) < 4.78 is 47.4. The maximum atomic E-state index is 8.60. The summed E-state index contributed by atoms with van der Waals surface area (Å²) in [4.78, 5) is 0. The lowest BCUT2D eigenvalue weighted by molar-refractivity contribution is -0.0381. The van der Waals surface area contributed by atoms with E-state index >= 15 is 0 Å². The highest BCUT2D eigenvalue weighted by molar-refractivity contribution is 4.89. The number of hydrogen-bond acceptors (Lipinski definition) is 13. The van der Waals surface area contributed by atoms with Crippen molar-refractivity contribution in [3.05, 3.63) is 112 Å². The predicted molar refractivity (Wildman–Crippen MR) is 219 cm³/mol. The summed E-state index contributed by atoms with van der Waals surface area (Å²) in [6, 6.07) is 0. The number of methoxy groups -OCH3 is 1. The maximum Gasteiger partial charge on any atom is 0.0988 e. The van der Waals surface area contributed by atoms with E-state index in [2.05, 4.69) is 39.5 Å². The number of hydrogen-bond donors (Lipinski definition) is 4. The Kier molecular flexibility index (Phi) is 48.6. The van der Waals surface area contributed by atoms with Gasteiger partial charge in [0.15, 0.2) is 0 Å². The van der Waals surface area contributed by atoms with Gasteiger partial charge in [0.2, 0.25) is 0 Å². The smallest absolute Gasteiger partial charge is 0.0988 e. The molecule has 2 aliphatic heterocycles. The maximum absolute atomic E-state index is 8.60. The van der Waals surface area contributed by atoms with E-state index < -0.39 is 0 Å². The number of epoxide rings is 2. The van der Waals surface area contributed by atoms with E-state index in [0.717, 1.165) is 19.6 Å². The molecule has 2 heterocycles. The predicted octanol–water partition coefficient (Wildman–Crippen LogP) is 4.11. The van der Waals surface area contributed by atoms with Gasteiger partial charge in [0.1, 0.15) is 0 Å². The molecule has 0 radical (unpaired) electrons. The van der Waals surface area contributed by atoms with Gasteiger partial charge in [-0.2, -0.15) is 0 Å². The quantitative estimate of drug-likeness (QED) is 0.0451. The molecule has 0 spiro atoms. The van der Waals surface area contributed by atoms with Gasteiger partial charge in [-0.1, -0.05) is 79.8 Å². The molecular formula is C42H72O13. The molecule has 0 aromatic rings. The summed E-state index contributed by atoms with van der Waals surface area (Å²) in [7, 11) is 1.61. The number of rotatable bonds is 31. The van der Waals surface area contributed by atoms with Gasteiger partial charge in [0, 0.05) is 13.7 Å². The second-order valence-electron chi connectivity index (χ2n) is 10.9. The monoisotopic (exact) mass is 784 g/mol. The molecule has 13 nitrogen and oxygen atoms in total. The van der Waals surface area contributed by atoms with Gasteiger partial charge in [-0.3, -0.25) is 0 Å². The van der Waals surface area contributed by atoms with E-state index in [-0.39, 0.29) is 44.2 Å². The molecule has 318 valence electrons. The normalized spacial score (nSPS) is 17.3. The van der Waals surface area contributed by atoms with Gasteiger partial charge < -0.3 is 63.1 Å². The van der Waals surface area contributed by atoms with Crippen LogP contribution in [-0.2, 0) is 42.6 Å². The lowest BCUT2D eigenvalue weighted by Crippen LogP contribution is -2.24. The van der Waals surface area contributed by atoms with E-state index in [1.165, 1.54) is 0 Å². The highest BCUT2D eigenvalue weighted by Crippen LogP contribution is 2.08. The Morgan fingerprint density at radius 3 is 1.09 bits per heavy atom. The van der Waals surface area contributed by atoms with Crippen LogP contribution in [0, 0.1) is 0 Å². The minimum absolute atomic E-state index is 0.00793. The molecule has 4 N–H and O–H groups in total. The Labute approximate surface area is 331 Å². The molecule has 2 fully saturated rings. The Bertz CT molecular complexity index is 909. The first-order valence-corrected chi connectivity index (χ1v) is 18.3. The SMILES string of the molecule is C=CC(COC(C=C)COC/C=C/CO)OC.C=CC(COC/C=C/CO)OCCOC(C=C)COC/C=C/CO.C=CC1CO1.C=CC1CO1.CCCO. The molecule has 2 aliphatic rings. The second kappa shape index (κ2) is 47.3. The zero-order valence-corrected chi connectivity index (χ0v) is 33.4. The van der Waals surface area contributed by atoms with Crippen molar-refractivity contribution in [2.75, 3.05) is 106 Å². The molecule has 0 saturated carbocycles. The van der Waals surface area contributed by atoms with Crippen LogP contribution in [0.25, 0.3) is 0 Å². The third-order valence-corrected chi connectivity index (χ3v) is 6.35. The lowest BCUT2D eigenvalue weighted by Gasteiger charge is -2.17. The van der Waals surface area contributed by atoms with E-state index in [9.17, 15) is 0 Å². The molecule has 55 heavy (non-hydrogen) atoms. The first-order valence-electron chi connectivity index (χ1n) is 18.3. The van der Waals surface area contributed by atoms with Crippen molar-refractivity contribution in [3.63, 3.8) is 0 Å². The zero-order valence-electron chi connectivity index (χ0n) is 33.4. The van der Waals surface area contributed by atoms with Gasteiger partial charge >= 0.3 is 0 Å². The molecule has 0 aromatic carbocycles. The fourth-order valence-electron chi connectivity index (χ4n) is 2.97. The van der Waals surface area contributed by atoms with Crippen molar-refractivity contribution in [3.8, 4) is 0 Å². The van der Waals surface area contributed by atoms with Crippen molar-refractivity contribution in [2.24, 2.45) is 0 Å². The Hall–Kier alpha value is -2.86. The standard InChI is InChI=1S/C18H30O6.C13H22O4.2C4H6O.C3H8O/c1-3-17(15-21-11-7-5-9-19)23-13-14-24-18(4-2)16-22-12-8-6-10-20;1-4-12(15-3)11-17-13(5-2)10-16-9-7-6-8-14;2*1-2-4-3-5-4;1-2-3-4/h3-8,17-20H,1-2,9-16H2;4-7,12-14H,1-2,8-11H2,3H3;2*2,4H,1,3H2;4H,2-3H2,1H3/b7-5+,8-6+;7-6+;;;. The molecule has 2 saturated heterocycles. The van der Waals surface area contributed by atoms with Crippen molar-refractivity contribution in [1.29, 1.82) is 0 Å². The van der Waals surface area contributed by atoms with Crippen LogP contribution in [0.4, 0.5) is 0 Å². The minimum atomic E-state index is -0.210. The van der Waals surface area contributed by atoms with Crippen LogP contribution in [0.15, 0.2) is 112 Å². The summed E-state index contributed by atoms with van der Waals surface area (Å²) in [5.41, 5.74) is 0. The molecule has 13 heteroatoms. The van der Waals surface area contributed by atoms with E-state index in [4.69, 9.17) is 63.1 Å². The molecular weight excluding hydrogens is 712 g/mol. The summed E-state index contributed by atoms with van der Waals surface area (Å²) >= 11 is 0. The van der Waals surface area contributed by atoms with Crippen LogP contribution in [-0.4, -0.2) is 163 Å². The highest BCUT2D eigenvalue weighted by Gasteiger charge is 2.16. The van der Waals surface area contributed by atoms with Gasteiger partial charge in [0.25, 0.3) is 0 Å². The van der Waals surface area contributed by atoms with Crippen molar-refractivity contribution < 1.29 is 63.1 Å². The van der Waals surface area contributed by atoms with Crippen LogP contribution in [0.5, 0.6) is 0 Å². The zero-order chi connectivity index (χ0) is 41.6. The fourth-order valence-corrected chi connectivity index (χ4v) is 2.97. The van der Waals surface area contributed by atoms with Crippen LogP contribution in [0.1, 0.15) is 13.3 Å². The third-order valence-electron chi connectivity index (χ3n) is 6.35.